The maximum atomic E-state index is 12.1. The van der Waals surface area contributed by atoms with Crippen molar-refractivity contribution in [3.8, 4) is 0 Å². The van der Waals surface area contributed by atoms with Crippen molar-refractivity contribution < 1.29 is 13.9 Å². The van der Waals surface area contributed by atoms with Gasteiger partial charge in [0.2, 0.25) is 0 Å². The van der Waals surface area contributed by atoms with E-state index in [1.807, 2.05) is 13.8 Å². The second kappa shape index (κ2) is 4.50. The minimum atomic E-state index is -0.370. The smallest absolute Gasteiger partial charge is 0.289 e. The minimum Gasteiger partial charge on any atom is -0.459 e. The molecule has 94 valence electrons. The molecule has 2 rings (SSSR count). The monoisotopic (exact) mass is 238 g/mol. The Balaban J connectivity index is 2.12. The Kier molecular flexibility index (Phi) is 3.22. The van der Waals surface area contributed by atoms with Crippen molar-refractivity contribution >= 4 is 5.91 Å². The molecule has 1 unspecified atom stereocenters. The number of nitrogens with two attached hydrogens (primary N) is 1. The summed E-state index contributed by atoms with van der Waals surface area (Å²) in [7, 11) is 0. The third-order valence-corrected chi connectivity index (χ3v) is 2.76. The van der Waals surface area contributed by atoms with Gasteiger partial charge in [-0.2, -0.15) is 0 Å². The molecule has 1 amide bonds. The molecule has 5 heteroatoms. The quantitative estimate of drug-likeness (QED) is 0.829. The Labute approximate surface area is 101 Å². The number of hydrogen-bond donors (Lipinski definition) is 1. The van der Waals surface area contributed by atoms with Crippen LogP contribution in [0.2, 0.25) is 0 Å². The number of carbonyl (C=O) groups is 1. The first kappa shape index (κ1) is 12.1. The van der Waals surface area contributed by atoms with Gasteiger partial charge < -0.3 is 19.8 Å². The van der Waals surface area contributed by atoms with Gasteiger partial charge in [-0.1, -0.05) is 0 Å². The summed E-state index contributed by atoms with van der Waals surface area (Å²) in [6.07, 6.45) is 1.39. The van der Waals surface area contributed by atoms with E-state index in [1.54, 1.807) is 17.0 Å². The van der Waals surface area contributed by atoms with Gasteiger partial charge in [0.15, 0.2) is 5.76 Å². The van der Waals surface area contributed by atoms with Crippen LogP contribution >= 0.6 is 0 Å². The topological polar surface area (TPSA) is 68.7 Å². The van der Waals surface area contributed by atoms with Gasteiger partial charge in [0.25, 0.3) is 5.91 Å². The molecular formula is C12H18N2O3. The molecule has 0 aromatic carbocycles. The molecule has 0 bridgehead atoms. The zero-order valence-corrected chi connectivity index (χ0v) is 10.2. The van der Waals surface area contributed by atoms with E-state index in [-0.39, 0.29) is 17.6 Å². The number of furan rings is 1. The largest absolute Gasteiger partial charge is 0.459 e. The van der Waals surface area contributed by atoms with Gasteiger partial charge in [-0.3, -0.25) is 4.79 Å². The summed E-state index contributed by atoms with van der Waals surface area (Å²) in [6.45, 7) is 5.38. The summed E-state index contributed by atoms with van der Waals surface area (Å²) >= 11 is 0. The number of carbonyl (C=O) groups excluding carboxylic acids is 1. The molecule has 1 aromatic rings. The average Bonchev–Trinajstić information content (AvgIpc) is 2.79. The van der Waals surface area contributed by atoms with Crippen molar-refractivity contribution in [2.45, 2.75) is 25.6 Å². The summed E-state index contributed by atoms with van der Waals surface area (Å²) in [5.41, 5.74) is 5.25. The first-order valence-electron chi connectivity index (χ1n) is 5.72. The third kappa shape index (κ3) is 2.68. The fourth-order valence-corrected chi connectivity index (χ4v) is 2.13. The lowest BCUT2D eigenvalue weighted by Gasteiger charge is -2.42. The van der Waals surface area contributed by atoms with Crippen LogP contribution < -0.4 is 5.73 Å². The molecule has 1 fully saturated rings. The highest BCUT2D eigenvalue weighted by atomic mass is 16.5. The predicted molar refractivity (Wildman–Crippen MR) is 62.6 cm³/mol. The van der Waals surface area contributed by atoms with Crippen LogP contribution in [0, 0.1) is 0 Å². The summed E-state index contributed by atoms with van der Waals surface area (Å²) in [5, 5.41) is 0. The van der Waals surface area contributed by atoms with Gasteiger partial charge >= 0.3 is 0 Å². The van der Waals surface area contributed by atoms with Gasteiger partial charge in [-0.15, -0.1) is 0 Å². The van der Waals surface area contributed by atoms with Crippen LogP contribution in [0.3, 0.4) is 0 Å². The second-order valence-electron chi connectivity index (χ2n) is 4.90. The Bertz CT molecular complexity index is 386. The molecule has 1 aliphatic rings. The molecule has 2 N–H and O–H groups in total. The molecule has 0 aliphatic carbocycles. The Morgan fingerprint density at radius 2 is 2.41 bits per heavy atom. The number of morpholine rings is 1. The summed E-state index contributed by atoms with van der Waals surface area (Å²) in [6, 6.07) is 3.38. The normalized spacial score (nSPS) is 23.7. The van der Waals surface area contributed by atoms with E-state index in [1.165, 1.54) is 6.26 Å². The van der Waals surface area contributed by atoms with Gasteiger partial charge in [-0.25, -0.2) is 0 Å². The highest BCUT2D eigenvalue weighted by Crippen LogP contribution is 2.22. The van der Waals surface area contributed by atoms with Crippen LogP contribution in [0.4, 0.5) is 0 Å². The SMILES string of the molecule is CC1(C)CN(C(=O)c2ccco2)CC(CN)O1. The van der Waals surface area contributed by atoms with Crippen molar-refractivity contribution in [2.24, 2.45) is 5.73 Å². The standard InChI is InChI=1S/C12H18N2O3/c1-12(2)8-14(7-9(6-13)17-12)11(15)10-4-3-5-16-10/h3-5,9H,6-8,13H2,1-2H3. The van der Waals surface area contributed by atoms with E-state index in [9.17, 15) is 4.79 Å². The van der Waals surface area contributed by atoms with E-state index in [4.69, 9.17) is 14.9 Å². The number of amides is 1. The second-order valence-corrected chi connectivity index (χ2v) is 4.90. The third-order valence-electron chi connectivity index (χ3n) is 2.76. The Morgan fingerprint density at radius 3 is 3.00 bits per heavy atom. The average molecular weight is 238 g/mol. The molecular weight excluding hydrogens is 220 g/mol. The fraction of sp³-hybridized carbons (Fsp3) is 0.583. The zero-order valence-electron chi connectivity index (χ0n) is 10.2. The lowest BCUT2D eigenvalue weighted by Crippen LogP contribution is -2.56. The lowest BCUT2D eigenvalue weighted by molar-refractivity contribution is -0.122. The van der Waals surface area contributed by atoms with Crippen molar-refractivity contribution in [2.75, 3.05) is 19.6 Å². The van der Waals surface area contributed by atoms with E-state index < -0.39 is 0 Å². The van der Waals surface area contributed by atoms with Crippen molar-refractivity contribution in [1.82, 2.24) is 4.90 Å². The Morgan fingerprint density at radius 1 is 1.65 bits per heavy atom. The maximum Gasteiger partial charge on any atom is 0.289 e. The van der Waals surface area contributed by atoms with E-state index in [0.717, 1.165) is 0 Å². The molecule has 0 spiro atoms. The fourth-order valence-electron chi connectivity index (χ4n) is 2.13. The zero-order chi connectivity index (χ0) is 12.5. The highest BCUT2D eigenvalue weighted by molar-refractivity contribution is 5.91. The first-order chi connectivity index (χ1) is 8.02. The summed E-state index contributed by atoms with van der Waals surface area (Å²) in [4.78, 5) is 13.9. The molecule has 0 saturated carbocycles. The Hall–Kier alpha value is -1.33. The van der Waals surface area contributed by atoms with Crippen LogP contribution in [0.15, 0.2) is 22.8 Å². The van der Waals surface area contributed by atoms with E-state index in [0.29, 0.717) is 25.4 Å². The molecule has 1 aromatic heterocycles. The maximum absolute atomic E-state index is 12.1. The van der Waals surface area contributed by atoms with Gasteiger partial charge in [0, 0.05) is 19.6 Å². The predicted octanol–water partition coefficient (Wildman–Crippen LogP) is 0.858. The molecule has 5 nitrogen and oxygen atoms in total. The lowest BCUT2D eigenvalue weighted by atomic mass is 10.0. The first-order valence-corrected chi connectivity index (χ1v) is 5.72. The highest BCUT2D eigenvalue weighted by Gasteiger charge is 2.35. The van der Waals surface area contributed by atoms with Crippen LogP contribution in [-0.4, -0.2) is 42.1 Å². The van der Waals surface area contributed by atoms with Crippen LogP contribution in [0.25, 0.3) is 0 Å². The van der Waals surface area contributed by atoms with Crippen molar-refractivity contribution in [1.29, 1.82) is 0 Å². The molecule has 2 heterocycles. The van der Waals surface area contributed by atoms with Gasteiger partial charge in [-0.05, 0) is 26.0 Å². The number of hydrogen-bond acceptors (Lipinski definition) is 4. The summed E-state index contributed by atoms with van der Waals surface area (Å²) < 4.78 is 10.9. The van der Waals surface area contributed by atoms with Crippen LogP contribution in [0.5, 0.6) is 0 Å². The number of ether oxygens (including phenoxy) is 1. The molecule has 17 heavy (non-hydrogen) atoms. The van der Waals surface area contributed by atoms with Crippen molar-refractivity contribution in [3.05, 3.63) is 24.2 Å². The molecule has 0 radical (unpaired) electrons. The molecule has 1 aliphatic heterocycles. The number of nitrogens with zero attached hydrogens (tertiary/aromatic N) is 1. The summed E-state index contributed by atoms with van der Waals surface area (Å²) in [5.74, 6) is 0.253. The van der Waals surface area contributed by atoms with E-state index >= 15 is 0 Å². The van der Waals surface area contributed by atoms with Gasteiger partial charge in [0.05, 0.1) is 18.0 Å². The van der Waals surface area contributed by atoms with Crippen LogP contribution in [0.1, 0.15) is 24.4 Å². The van der Waals surface area contributed by atoms with Crippen molar-refractivity contribution in [3.63, 3.8) is 0 Å². The van der Waals surface area contributed by atoms with Crippen LogP contribution in [-0.2, 0) is 4.74 Å². The number of rotatable bonds is 2. The van der Waals surface area contributed by atoms with E-state index in [2.05, 4.69) is 0 Å². The van der Waals surface area contributed by atoms with Gasteiger partial charge in [0.1, 0.15) is 0 Å². The molecule has 1 saturated heterocycles. The minimum absolute atomic E-state index is 0.107. The molecule has 1 atom stereocenters.